The minimum absolute atomic E-state index is 0.0852. The fourth-order valence-electron chi connectivity index (χ4n) is 3.76. The number of amides is 2. The van der Waals surface area contributed by atoms with Gasteiger partial charge in [-0.2, -0.15) is 0 Å². The van der Waals surface area contributed by atoms with Gasteiger partial charge in [0.1, 0.15) is 11.4 Å². The van der Waals surface area contributed by atoms with Crippen molar-refractivity contribution in [2.45, 2.75) is 0 Å². The Bertz CT molecular complexity index is 1230. The molecule has 154 valence electrons. The first-order chi connectivity index (χ1) is 15.2. The van der Waals surface area contributed by atoms with Crippen molar-refractivity contribution in [1.82, 2.24) is 24.8 Å². The predicted octanol–water partition coefficient (Wildman–Crippen LogP) is 2.88. The Hall–Kier alpha value is -4.07. The van der Waals surface area contributed by atoms with Crippen LogP contribution in [0.3, 0.4) is 0 Å². The maximum Gasteiger partial charge on any atom is 0.274 e. The molecule has 0 radical (unpaired) electrons. The van der Waals surface area contributed by atoms with Crippen LogP contribution in [0.4, 0.5) is 0 Å². The molecule has 0 spiro atoms. The molecule has 5 rings (SSSR count). The highest BCUT2D eigenvalue weighted by molar-refractivity contribution is 6.07. The molecule has 31 heavy (non-hydrogen) atoms. The van der Waals surface area contributed by atoms with E-state index in [-0.39, 0.29) is 11.8 Å². The molecule has 1 fully saturated rings. The third-order valence-corrected chi connectivity index (χ3v) is 5.36. The van der Waals surface area contributed by atoms with E-state index in [1.54, 1.807) is 28.2 Å². The van der Waals surface area contributed by atoms with Gasteiger partial charge < -0.3 is 14.2 Å². The standard InChI is InChI=1S/C23H19N5O3/c29-22(27-9-11-28(12-10-27)23(30)20-15-24-7-8-25-20)17-14-19(21-6-3-13-31-21)26-18-5-2-1-4-16(17)18/h1-8,13-15H,9-12H2. The van der Waals surface area contributed by atoms with Crippen LogP contribution in [0.15, 0.2) is 71.7 Å². The number of fused-ring (bicyclic) bond motifs is 1. The van der Waals surface area contributed by atoms with E-state index in [0.29, 0.717) is 48.9 Å². The van der Waals surface area contributed by atoms with Gasteiger partial charge in [-0.1, -0.05) is 18.2 Å². The molecule has 1 aliphatic heterocycles. The number of carbonyl (C=O) groups excluding carboxylic acids is 2. The Morgan fingerprint density at radius 2 is 1.68 bits per heavy atom. The Morgan fingerprint density at radius 1 is 0.903 bits per heavy atom. The second-order valence-electron chi connectivity index (χ2n) is 7.22. The molecule has 1 saturated heterocycles. The van der Waals surface area contributed by atoms with Crippen molar-refractivity contribution in [3.63, 3.8) is 0 Å². The average molecular weight is 413 g/mol. The van der Waals surface area contributed by atoms with Gasteiger partial charge in [0.2, 0.25) is 0 Å². The van der Waals surface area contributed by atoms with Crippen molar-refractivity contribution in [1.29, 1.82) is 0 Å². The molecule has 0 atom stereocenters. The maximum absolute atomic E-state index is 13.4. The van der Waals surface area contributed by atoms with Crippen LogP contribution < -0.4 is 0 Å². The summed E-state index contributed by atoms with van der Waals surface area (Å²) in [6.45, 7) is 1.76. The summed E-state index contributed by atoms with van der Waals surface area (Å²) in [5.41, 5.74) is 2.23. The van der Waals surface area contributed by atoms with Crippen molar-refractivity contribution in [3.8, 4) is 11.5 Å². The van der Waals surface area contributed by atoms with Crippen LogP contribution in [0.5, 0.6) is 0 Å². The minimum atomic E-state index is -0.172. The molecule has 8 nitrogen and oxygen atoms in total. The molecular formula is C23H19N5O3. The van der Waals surface area contributed by atoms with E-state index in [2.05, 4.69) is 15.0 Å². The Labute approximate surface area is 178 Å². The Kier molecular flexibility index (Phi) is 4.87. The van der Waals surface area contributed by atoms with Crippen LogP contribution in [0.25, 0.3) is 22.4 Å². The summed E-state index contributed by atoms with van der Waals surface area (Å²) < 4.78 is 5.49. The van der Waals surface area contributed by atoms with Gasteiger partial charge in [0.15, 0.2) is 5.76 Å². The number of hydrogen-bond donors (Lipinski definition) is 0. The van der Waals surface area contributed by atoms with Crippen LogP contribution >= 0.6 is 0 Å². The molecule has 0 bridgehead atoms. The first kappa shape index (κ1) is 18.9. The number of piperazine rings is 1. The summed E-state index contributed by atoms with van der Waals surface area (Å²) in [5, 5.41) is 0.792. The number of aromatic nitrogens is 3. The number of rotatable bonds is 3. The summed E-state index contributed by atoms with van der Waals surface area (Å²) in [4.78, 5) is 42.2. The van der Waals surface area contributed by atoms with Gasteiger partial charge >= 0.3 is 0 Å². The smallest absolute Gasteiger partial charge is 0.274 e. The summed E-state index contributed by atoms with van der Waals surface area (Å²) >= 11 is 0. The zero-order chi connectivity index (χ0) is 21.2. The van der Waals surface area contributed by atoms with E-state index in [9.17, 15) is 9.59 Å². The van der Waals surface area contributed by atoms with E-state index in [4.69, 9.17) is 4.42 Å². The van der Waals surface area contributed by atoms with Gasteiger partial charge in [-0.15, -0.1) is 0 Å². The van der Waals surface area contributed by atoms with E-state index < -0.39 is 0 Å². The molecular weight excluding hydrogens is 394 g/mol. The second-order valence-corrected chi connectivity index (χ2v) is 7.22. The van der Waals surface area contributed by atoms with E-state index in [1.165, 1.54) is 18.6 Å². The first-order valence-electron chi connectivity index (χ1n) is 9.99. The molecule has 0 saturated carbocycles. The number of furan rings is 1. The van der Waals surface area contributed by atoms with Crippen LogP contribution in [0.2, 0.25) is 0 Å². The summed E-state index contributed by atoms with van der Waals surface area (Å²) in [6.07, 6.45) is 6.07. The van der Waals surface area contributed by atoms with Crippen LogP contribution in [0, 0.1) is 0 Å². The van der Waals surface area contributed by atoms with Gasteiger partial charge in [-0.25, -0.2) is 9.97 Å². The molecule has 0 unspecified atom stereocenters. The quantitative estimate of drug-likeness (QED) is 0.513. The van der Waals surface area contributed by atoms with E-state index >= 15 is 0 Å². The molecule has 2 amide bonds. The SMILES string of the molecule is O=C(c1cnccn1)N1CCN(C(=O)c2cc(-c3ccco3)nc3ccccc23)CC1. The maximum atomic E-state index is 13.4. The fourth-order valence-corrected chi connectivity index (χ4v) is 3.76. The predicted molar refractivity (Wildman–Crippen MR) is 113 cm³/mol. The van der Waals surface area contributed by atoms with Crippen molar-refractivity contribution >= 4 is 22.7 Å². The molecule has 0 aliphatic carbocycles. The Morgan fingerprint density at radius 3 is 2.39 bits per heavy atom. The lowest BCUT2D eigenvalue weighted by Crippen LogP contribution is -2.50. The van der Waals surface area contributed by atoms with E-state index in [0.717, 1.165) is 10.9 Å². The van der Waals surface area contributed by atoms with Crippen LogP contribution in [-0.2, 0) is 0 Å². The second kappa shape index (κ2) is 7.98. The molecule has 8 heteroatoms. The average Bonchev–Trinajstić information content (AvgIpc) is 3.38. The highest BCUT2D eigenvalue weighted by Gasteiger charge is 2.27. The number of nitrogens with zero attached hydrogens (tertiary/aromatic N) is 5. The van der Waals surface area contributed by atoms with Gasteiger partial charge in [0, 0.05) is 44.0 Å². The third-order valence-electron chi connectivity index (χ3n) is 5.36. The van der Waals surface area contributed by atoms with Gasteiger partial charge in [0.05, 0.1) is 23.5 Å². The number of carbonyl (C=O) groups is 2. The largest absolute Gasteiger partial charge is 0.463 e. The number of para-hydroxylation sites is 1. The lowest BCUT2D eigenvalue weighted by Gasteiger charge is -2.34. The third kappa shape index (κ3) is 3.63. The first-order valence-corrected chi connectivity index (χ1v) is 9.99. The molecule has 1 aliphatic rings. The van der Waals surface area contributed by atoms with Crippen molar-refractivity contribution < 1.29 is 14.0 Å². The fraction of sp³-hybridized carbons (Fsp3) is 0.174. The van der Waals surface area contributed by atoms with Crippen LogP contribution in [0.1, 0.15) is 20.8 Å². The van der Waals surface area contributed by atoms with E-state index in [1.807, 2.05) is 30.3 Å². The number of benzene rings is 1. The Balaban J connectivity index is 1.39. The van der Waals surface area contributed by atoms with Gasteiger partial charge in [-0.3, -0.25) is 14.6 Å². The zero-order valence-corrected chi connectivity index (χ0v) is 16.6. The highest BCUT2D eigenvalue weighted by Crippen LogP contribution is 2.26. The molecule has 4 aromatic rings. The lowest BCUT2D eigenvalue weighted by atomic mass is 10.0. The molecule has 4 heterocycles. The zero-order valence-electron chi connectivity index (χ0n) is 16.6. The van der Waals surface area contributed by atoms with Crippen molar-refractivity contribution in [3.05, 3.63) is 78.6 Å². The van der Waals surface area contributed by atoms with Gasteiger partial charge in [-0.05, 0) is 24.3 Å². The highest BCUT2D eigenvalue weighted by atomic mass is 16.3. The number of pyridine rings is 1. The summed E-state index contributed by atoms with van der Waals surface area (Å²) in [7, 11) is 0. The normalized spacial score (nSPS) is 14.1. The van der Waals surface area contributed by atoms with Crippen molar-refractivity contribution in [2.75, 3.05) is 26.2 Å². The molecule has 0 N–H and O–H groups in total. The molecule has 1 aromatic carbocycles. The minimum Gasteiger partial charge on any atom is -0.463 e. The summed E-state index contributed by atoms with van der Waals surface area (Å²) in [5.74, 6) is 0.354. The molecule has 3 aromatic heterocycles. The topological polar surface area (TPSA) is 92.4 Å². The van der Waals surface area contributed by atoms with Gasteiger partial charge in [0.25, 0.3) is 11.8 Å². The summed E-state index contributed by atoms with van der Waals surface area (Å²) in [6, 6.07) is 13.0. The monoisotopic (exact) mass is 413 g/mol. The van der Waals surface area contributed by atoms with Crippen LogP contribution in [-0.4, -0.2) is 62.7 Å². The number of hydrogen-bond acceptors (Lipinski definition) is 6. The van der Waals surface area contributed by atoms with Crippen molar-refractivity contribution in [2.24, 2.45) is 0 Å². The lowest BCUT2D eigenvalue weighted by molar-refractivity contribution is 0.0533.